The van der Waals surface area contributed by atoms with Gasteiger partial charge in [0.1, 0.15) is 5.56 Å². The molecule has 96 valence electrons. The molecule has 0 saturated carbocycles. The Morgan fingerprint density at radius 3 is 2.65 bits per heavy atom. The van der Waals surface area contributed by atoms with Crippen LogP contribution in [0.1, 0.15) is 50.9 Å². The Morgan fingerprint density at radius 2 is 2.12 bits per heavy atom. The fourth-order valence-electron chi connectivity index (χ4n) is 1.42. The molecule has 0 saturated heterocycles. The number of hydrogen-bond donors (Lipinski definition) is 2. The molecule has 17 heavy (non-hydrogen) atoms. The lowest BCUT2D eigenvalue weighted by atomic mass is 10.0. The van der Waals surface area contributed by atoms with Crippen molar-refractivity contribution in [2.75, 3.05) is 0 Å². The van der Waals surface area contributed by atoms with Gasteiger partial charge >= 0.3 is 0 Å². The van der Waals surface area contributed by atoms with Gasteiger partial charge in [0.15, 0.2) is 0 Å². The average molecular weight is 239 g/mol. The van der Waals surface area contributed by atoms with Gasteiger partial charge in [0.05, 0.1) is 0 Å². The Kier molecular flexibility index (Phi) is 4.15. The third kappa shape index (κ3) is 3.47. The summed E-state index contributed by atoms with van der Waals surface area (Å²) in [6.07, 6.45) is 3.30. The van der Waals surface area contributed by atoms with Crippen LogP contribution in [0, 0.1) is 0 Å². The SMILES string of the molecule is CCCn1cc(C(=O)NC(C)(C)CC)c(=O)[nH]1. The normalized spacial score (nSPS) is 11.5. The van der Waals surface area contributed by atoms with E-state index in [9.17, 15) is 9.59 Å². The number of hydrogen-bond acceptors (Lipinski definition) is 2. The van der Waals surface area contributed by atoms with E-state index in [0.717, 1.165) is 12.8 Å². The van der Waals surface area contributed by atoms with Crippen molar-refractivity contribution in [1.29, 1.82) is 0 Å². The van der Waals surface area contributed by atoms with E-state index in [1.54, 1.807) is 10.9 Å². The van der Waals surface area contributed by atoms with Crippen molar-refractivity contribution in [2.24, 2.45) is 0 Å². The van der Waals surface area contributed by atoms with Gasteiger partial charge in [-0.15, -0.1) is 0 Å². The van der Waals surface area contributed by atoms with Crippen LogP contribution in [0.3, 0.4) is 0 Å². The monoisotopic (exact) mass is 239 g/mol. The molecular formula is C12H21N3O2. The summed E-state index contributed by atoms with van der Waals surface area (Å²) in [4.78, 5) is 23.5. The van der Waals surface area contributed by atoms with Crippen molar-refractivity contribution in [3.8, 4) is 0 Å². The van der Waals surface area contributed by atoms with Gasteiger partial charge in [-0.2, -0.15) is 0 Å². The van der Waals surface area contributed by atoms with Gasteiger partial charge in [0.2, 0.25) is 0 Å². The molecule has 0 aromatic carbocycles. The molecule has 0 aliphatic carbocycles. The molecule has 1 amide bonds. The van der Waals surface area contributed by atoms with E-state index in [1.165, 1.54) is 0 Å². The van der Waals surface area contributed by atoms with Gasteiger partial charge < -0.3 is 5.32 Å². The first-order valence-electron chi connectivity index (χ1n) is 6.01. The van der Waals surface area contributed by atoms with Crippen molar-refractivity contribution in [3.05, 3.63) is 22.1 Å². The highest BCUT2D eigenvalue weighted by atomic mass is 16.2. The second-order valence-electron chi connectivity index (χ2n) is 4.87. The maximum absolute atomic E-state index is 11.9. The van der Waals surface area contributed by atoms with E-state index >= 15 is 0 Å². The minimum absolute atomic E-state index is 0.181. The third-order valence-corrected chi connectivity index (χ3v) is 2.82. The minimum atomic E-state index is -0.331. The fraction of sp³-hybridized carbons (Fsp3) is 0.667. The number of carbonyl (C=O) groups excluding carboxylic acids is 1. The predicted molar refractivity (Wildman–Crippen MR) is 67.2 cm³/mol. The van der Waals surface area contributed by atoms with Crippen LogP contribution in [-0.4, -0.2) is 21.2 Å². The molecule has 0 bridgehead atoms. The molecule has 0 fully saturated rings. The zero-order valence-electron chi connectivity index (χ0n) is 11.0. The van der Waals surface area contributed by atoms with Gasteiger partial charge in [-0.3, -0.25) is 19.4 Å². The maximum atomic E-state index is 11.9. The lowest BCUT2D eigenvalue weighted by Gasteiger charge is -2.23. The molecule has 1 aromatic heterocycles. The largest absolute Gasteiger partial charge is 0.347 e. The molecule has 5 nitrogen and oxygen atoms in total. The Hall–Kier alpha value is -1.52. The summed E-state index contributed by atoms with van der Waals surface area (Å²) < 4.78 is 1.65. The van der Waals surface area contributed by atoms with E-state index < -0.39 is 0 Å². The van der Waals surface area contributed by atoms with Gasteiger partial charge in [0, 0.05) is 18.3 Å². The standard InChI is InChI=1S/C12H21N3O2/c1-5-7-15-8-9(11(17)14-15)10(16)13-12(3,4)6-2/h8H,5-7H2,1-4H3,(H,13,16)(H,14,17). The number of nitrogens with zero attached hydrogens (tertiary/aromatic N) is 1. The predicted octanol–water partition coefficient (Wildman–Crippen LogP) is 1.50. The number of amides is 1. The van der Waals surface area contributed by atoms with Crippen molar-refractivity contribution in [1.82, 2.24) is 15.1 Å². The molecule has 0 atom stereocenters. The van der Waals surface area contributed by atoms with Crippen molar-refractivity contribution >= 4 is 5.91 Å². The zero-order valence-corrected chi connectivity index (χ0v) is 11.0. The Balaban J connectivity index is 2.86. The zero-order chi connectivity index (χ0) is 13.1. The number of carbonyl (C=O) groups is 1. The highest BCUT2D eigenvalue weighted by molar-refractivity contribution is 5.94. The topological polar surface area (TPSA) is 66.9 Å². The minimum Gasteiger partial charge on any atom is -0.347 e. The van der Waals surface area contributed by atoms with E-state index in [1.807, 2.05) is 27.7 Å². The first-order chi connectivity index (χ1) is 7.89. The third-order valence-electron chi connectivity index (χ3n) is 2.82. The van der Waals surface area contributed by atoms with Crippen LogP contribution in [-0.2, 0) is 6.54 Å². The molecule has 0 unspecified atom stereocenters. The first kappa shape index (κ1) is 13.5. The molecule has 0 radical (unpaired) electrons. The van der Waals surface area contributed by atoms with Crippen LogP contribution in [0.5, 0.6) is 0 Å². The molecule has 1 rings (SSSR count). The molecule has 1 aromatic rings. The molecule has 5 heteroatoms. The molecule has 2 N–H and O–H groups in total. The van der Waals surface area contributed by atoms with E-state index in [4.69, 9.17) is 0 Å². The number of aromatic nitrogens is 2. The first-order valence-corrected chi connectivity index (χ1v) is 6.01. The van der Waals surface area contributed by atoms with Crippen molar-refractivity contribution in [2.45, 2.75) is 52.6 Å². The number of nitrogens with one attached hydrogen (secondary N) is 2. The van der Waals surface area contributed by atoms with Gasteiger partial charge in [-0.1, -0.05) is 13.8 Å². The van der Waals surface area contributed by atoms with Crippen molar-refractivity contribution in [3.63, 3.8) is 0 Å². The summed E-state index contributed by atoms with van der Waals surface area (Å²) in [6.45, 7) is 8.58. The number of H-pyrrole nitrogens is 1. The summed E-state index contributed by atoms with van der Waals surface area (Å²) in [6, 6.07) is 0. The van der Waals surface area contributed by atoms with Crippen LogP contribution < -0.4 is 10.9 Å². The van der Waals surface area contributed by atoms with Crippen LogP contribution >= 0.6 is 0 Å². The van der Waals surface area contributed by atoms with Crippen LogP contribution in [0.15, 0.2) is 11.0 Å². The number of aromatic amines is 1. The van der Waals surface area contributed by atoms with E-state index in [-0.39, 0.29) is 22.6 Å². The summed E-state index contributed by atoms with van der Waals surface area (Å²) >= 11 is 0. The lowest BCUT2D eigenvalue weighted by Crippen LogP contribution is -2.43. The van der Waals surface area contributed by atoms with Crippen LogP contribution in [0.2, 0.25) is 0 Å². The Morgan fingerprint density at radius 1 is 1.47 bits per heavy atom. The highest BCUT2D eigenvalue weighted by Crippen LogP contribution is 2.07. The number of rotatable bonds is 5. The molecular weight excluding hydrogens is 218 g/mol. The second-order valence-corrected chi connectivity index (χ2v) is 4.87. The molecule has 0 aliphatic heterocycles. The Bertz CT molecular complexity index is 443. The van der Waals surface area contributed by atoms with E-state index in [0.29, 0.717) is 6.54 Å². The van der Waals surface area contributed by atoms with Crippen LogP contribution in [0.25, 0.3) is 0 Å². The molecule has 0 spiro atoms. The maximum Gasteiger partial charge on any atom is 0.276 e. The average Bonchev–Trinajstić information content (AvgIpc) is 2.60. The molecule has 1 heterocycles. The van der Waals surface area contributed by atoms with E-state index in [2.05, 4.69) is 10.4 Å². The summed E-state index contributed by atoms with van der Waals surface area (Å²) in [5, 5.41) is 5.48. The van der Waals surface area contributed by atoms with Crippen molar-refractivity contribution < 1.29 is 4.79 Å². The molecule has 0 aliphatic rings. The summed E-state index contributed by atoms with van der Waals surface area (Å²) in [5.41, 5.74) is -0.445. The van der Waals surface area contributed by atoms with Gasteiger partial charge in [-0.05, 0) is 26.7 Å². The van der Waals surface area contributed by atoms with Gasteiger partial charge in [0.25, 0.3) is 11.5 Å². The highest BCUT2D eigenvalue weighted by Gasteiger charge is 2.21. The summed E-state index contributed by atoms with van der Waals surface area (Å²) in [5.74, 6) is -0.312. The number of aryl methyl sites for hydroxylation is 1. The fourth-order valence-corrected chi connectivity index (χ4v) is 1.42. The quantitative estimate of drug-likeness (QED) is 0.817. The lowest BCUT2D eigenvalue weighted by molar-refractivity contribution is 0.0910. The van der Waals surface area contributed by atoms with Gasteiger partial charge in [-0.25, -0.2) is 0 Å². The Labute approximate surface area is 101 Å². The van der Waals surface area contributed by atoms with Crippen LogP contribution in [0.4, 0.5) is 0 Å². The second kappa shape index (κ2) is 5.21. The summed E-state index contributed by atoms with van der Waals surface area (Å²) in [7, 11) is 0. The smallest absolute Gasteiger partial charge is 0.276 e.